The first-order chi connectivity index (χ1) is 18.9. The van der Waals surface area contributed by atoms with E-state index in [0.717, 1.165) is 55.4 Å². The van der Waals surface area contributed by atoms with Crippen LogP contribution in [0.2, 0.25) is 0 Å². The number of ether oxygens (including phenoxy) is 2. The highest BCUT2D eigenvalue weighted by atomic mass is 16.5. The predicted molar refractivity (Wildman–Crippen MR) is 160 cm³/mol. The average Bonchev–Trinajstić information content (AvgIpc) is 2.96. The van der Waals surface area contributed by atoms with Crippen LogP contribution in [0.4, 0.5) is 0 Å². The topological polar surface area (TPSA) is 55.8 Å². The molecule has 2 aromatic carbocycles. The molecule has 0 radical (unpaired) electrons. The van der Waals surface area contributed by atoms with Crippen molar-refractivity contribution in [2.24, 2.45) is 5.92 Å². The molecule has 0 aliphatic heterocycles. The summed E-state index contributed by atoms with van der Waals surface area (Å²) in [6, 6.07) is 17.0. The van der Waals surface area contributed by atoms with E-state index in [9.17, 15) is 9.59 Å². The number of amides is 1. The first-order valence-corrected chi connectivity index (χ1v) is 14.3. The van der Waals surface area contributed by atoms with Gasteiger partial charge in [0, 0.05) is 19.9 Å². The van der Waals surface area contributed by atoms with Crippen molar-refractivity contribution < 1.29 is 19.1 Å². The van der Waals surface area contributed by atoms with Gasteiger partial charge in [0.15, 0.2) is 0 Å². The predicted octanol–water partition coefficient (Wildman–Crippen LogP) is 7.70. The molecule has 0 saturated heterocycles. The van der Waals surface area contributed by atoms with Crippen LogP contribution in [0.25, 0.3) is 0 Å². The van der Waals surface area contributed by atoms with Crippen molar-refractivity contribution in [3.05, 3.63) is 91.0 Å². The Balaban J connectivity index is 2.13. The Labute approximate surface area is 235 Å². The molecule has 2 aromatic rings. The zero-order valence-electron chi connectivity index (χ0n) is 24.1. The first-order valence-electron chi connectivity index (χ1n) is 14.3. The van der Waals surface area contributed by atoms with Crippen LogP contribution in [-0.2, 0) is 27.4 Å². The van der Waals surface area contributed by atoms with Gasteiger partial charge < -0.3 is 14.4 Å². The number of benzene rings is 2. The van der Waals surface area contributed by atoms with Crippen LogP contribution in [0.1, 0.15) is 76.3 Å². The monoisotopic (exact) mass is 533 g/mol. The van der Waals surface area contributed by atoms with Gasteiger partial charge in [-0.1, -0.05) is 81.3 Å². The lowest BCUT2D eigenvalue weighted by atomic mass is 9.99. The highest BCUT2D eigenvalue weighted by Crippen LogP contribution is 2.21. The molecule has 0 N–H and O–H groups in total. The summed E-state index contributed by atoms with van der Waals surface area (Å²) in [5.74, 6) is 0.674. The SMILES string of the molecule is C=CCCC(=O)N(C)[C@@H](Cc1ccc(OCc2ccccc2)cc1)C(=O)O[C@H](CCCCC)CC[C@H](C)C=C. The summed E-state index contributed by atoms with van der Waals surface area (Å²) in [5, 5.41) is 0. The largest absolute Gasteiger partial charge is 0.489 e. The third kappa shape index (κ3) is 11.9. The Morgan fingerprint density at radius 2 is 1.67 bits per heavy atom. The van der Waals surface area contributed by atoms with E-state index in [0.29, 0.717) is 31.8 Å². The van der Waals surface area contributed by atoms with Crippen LogP contribution in [-0.4, -0.2) is 36.0 Å². The highest BCUT2D eigenvalue weighted by molar-refractivity contribution is 5.84. The molecule has 5 heteroatoms. The van der Waals surface area contributed by atoms with Gasteiger partial charge in [-0.25, -0.2) is 4.79 Å². The minimum absolute atomic E-state index is 0.0949. The number of unbranched alkanes of at least 4 members (excludes halogenated alkanes) is 2. The lowest BCUT2D eigenvalue weighted by Crippen LogP contribution is -2.45. The summed E-state index contributed by atoms with van der Waals surface area (Å²) in [5.41, 5.74) is 2.04. The van der Waals surface area contributed by atoms with Gasteiger partial charge in [-0.2, -0.15) is 0 Å². The lowest BCUT2D eigenvalue weighted by Gasteiger charge is -2.29. The van der Waals surface area contributed by atoms with E-state index in [1.807, 2.05) is 60.7 Å². The van der Waals surface area contributed by atoms with Gasteiger partial charge >= 0.3 is 5.97 Å². The molecule has 0 bridgehead atoms. The van der Waals surface area contributed by atoms with Crippen LogP contribution >= 0.6 is 0 Å². The second kappa shape index (κ2) is 18.0. The fourth-order valence-electron chi connectivity index (χ4n) is 4.33. The summed E-state index contributed by atoms with van der Waals surface area (Å²) in [6.07, 6.45) is 10.5. The van der Waals surface area contributed by atoms with E-state index < -0.39 is 6.04 Å². The molecule has 0 aromatic heterocycles. The average molecular weight is 534 g/mol. The quantitative estimate of drug-likeness (QED) is 0.105. The molecule has 0 fully saturated rings. The Hall–Kier alpha value is -3.34. The van der Waals surface area contributed by atoms with Gasteiger partial charge in [0.25, 0.3) is 0 Å². The smallest absolute Gasteiger partial charge is 0.329 e. The van der Waals surface area contributed by atoms with E-state index in [1.165, 1.54) is 0 Å². The molecule has 0 aliphatic carbocycles. The minimum atomic E-state index is -0.705. The zero-order chi connectivity index (χ0) is 28.5. The van der Waals surface area contributed by atoms with Gasteiger partial charge in [0.05, 0.1) is 0 Å². The molecule has 212 valence electrons. The summed E-state index contributed by atoms with van der Waals surface area (Å²) >= 11 is 0. The fourth-order valence-corrected chi connectivity index (χ4v) is 4.33. The van der Waals surface area contributed by atoms with Crippen LogP contribution in [0.15, 0.2) is 79.9 Å². The second-order valence-electron chi connectivity index (χ2n) is 10.3. The minimum Gasteiger partial charge on any atom is -0.489 e. The third-order valence-corrected chi connectivity index (χ3v) is 7.05. The molecule has 5 nitrogen and oxygen atoms in total. The molecular weight excluding hydrogens is 486 g/mol. The number of hydrogen-bond donors (Lipinski definition) is 0. The first kappa shape index (κ1) is 31.9. The van der Waals surface area contributed by atoms with E-state index in [4.69, 9.17) is 9.47 Å². The molecule has 1 amide bonds. The molecule has 3 atom stereocenters. The zero-order valence-corrected chi connectivity index (χ0v) is 24.1. The fraction of sp³-hybridized carbons (Fsp3) is 0.471. The molecule has 0 heterocycles. The maximum atomic E-state index is 13.6. The van der Waals surface area contributed by atoms with Crippen LogP contribution < -0.4 is 4.74 Å². The molecule has 0 unspecified atom stereocenters. The molecule has 0 saturated carbocycles. The normalized spacial score (nSPS) is 13.1. The van der Waals surface area contributed by atoms with Crippen molar-refractivity contribution in [1.29, 1.82) is 0 Å². The van der Waals surface area contributed by atoms with Crippen molar-refractivity contribution >= 4 is 11.9 Å². The van der Waals surface area contributed by atoms with E-state index in [2.05, 4.69) is 27.0 Å². The number of allylic oxidation sites excluding steroid dienone is 2. The molecule has 0 spiro atoms. The Bertz CT molecular complexity index is 1000. The second-order valence-corrected chi connectivity index (χ2v) is 10.3. The van der Waals surface area contributed by atoms with Gasteiger partial charge in [0.1, 0.15) is 24.5 Å². The lowest BCUT2D eigenvalue weighted by molar-refractivity contribution is -0.159. The van der Waals surface area contributed by atoms with E-state index >= 15 is 0 Å². The van der Waals surface area contributed by atoms with Crippen molar-refractivity contribution in [1.82, 2.24) is 4.90 Å². The van der Waals surface area contributed by atoms with Gasteiger partial charge in [-0.05, 0) is 61.3 Å². The molecule has 39 heavy (non-hydrogen) atoms. The summed E-state index contributed by atoms with van der Waals surface area (Å²) < 4.78 is 12.0. The van der Waals surface area contributed by atoms with E-state index in [1.54, 1.807) is 18.0 Å². The third-order valence-electron chi connectivity index (χ3n) is 7.05. The summed E-state index contributed by atoms with van der Waals surface area (Å²) in [4.78, 5) is 28.0. The Morgan fingerprint density at radius 1 is 0.949 bits per heavy atom. The standard InChI is InChI=1S/C34H47NO4/c1-6-9-12-17-31(22-19-27(4)8-3)39-34(37)32(35(5)33(36)18-10-7-2)25-28-20-23-30(24-21-28)38-26-29-15-13-11-14-16-29/h7-8,11,13-16,20-21,23-24,27,31-32H,2-3,6,9-10,12,17-19,22,25-26H2,1,4-5H3/t27-,31-,32+/m1/s1. The van der Waals surface area contributed by atoms with Gasteiger partial charge in [0.2, 0.25) is 5.91 Å². The Kier molecular flexibility index (Phi) is 14.7. The van der Waals surface area contributed by atoms with Crippen molar-refractivity contribution in [3.8, 4) is 5.75 Å². The molecule has 0 aliphatic rings. The van der Waals surface area contributed by atoms with Crippen molar-refractivity contribution in [3.63, 3.8) is 0 Å². The maximum Gasteiger partial charge on any atom is 0.329 e. The molecular formula is C34H47NO4. The van der Waals surface area contributed by atoms with Crippen LogP contribution in [0, 0.1) is 5.92 Å². The number of likely N-dealkylation sites (N-methyl/N-ethyl adjacent to an activating group) is 1. The molecule has 2 rings (SSSR count). The summed E-state index contributed by atoms with van der Waals surface area (Å²) in [6.45, 7) is 12.4. The van der Waals surface area contributed by atoms with Crippen molar-refractivity contribution in [2.45, 2.75) is 90.4 Å². The van der Waals surface area contributed by atoms with Gasteiger partial charge in [-0.3, -0.25) is 4.79 Å². The summed E-state index contributed by atoms with van der Waals surface area (Å²) in [7, 11) is 1.70. The van der Waals surface area contributed by atoms with Crippen LogP contribution in [0.5, 0.6) is 5.75 Å². The number of rotatable bonds is 19. The highest BCUT2D eigenvalue weighted by Gasteiger charge is 2.30. The van der Waals surface area contributed by atoms with E-state index in [-0.39, 0.29) is 18.0 Å². The number of carbonyl (C=O) groups is 2. The Morgan fingerprint density at radius 3 is 2.31 bits per heavy atom. The van der Waals surface area contributed by atoms with Crippen molar-refractivity contribution in [2.75, 3.05) is 7.05 Å². The number of nitrogens with zero attached hydrogens (tertiary/aromatic N) is 1. The van der Waals surface area contributed by atoms with Gasteiger partial charge in [-0.15, -0.1) is 13.2 Å². The maximum absolute atomic E-state index is 13.6. The number of esters is 1. The van der Waals surface area contributed by atoms with Crippen LogP contribution in [0.3, 0.4) is 0 Å². The number of carbonyl (C=O) groups excluding carboxylic acids is 2. The number of hydrogen-bond acceptors (Lipinski definition) is 4.